The molecular weight excluding hydrogens is 261 g/mol. The summed E-state index contributed by atoms with van der Waals surface area (Å²) >= 11 is 0. The fourth-order valence-corrected chi connectivity index (χ4v) is 0. The summed E-state index contributed by atoms with van der Waals surface area (Å²) < 4.78 is 8.55. The van der Waals surface area contributed by atoms with E-state index in [-0.39, 0.29) is 41.7 Å². The van der Waals surface area contributed by atoms with E-state index in [1.807, 2.05) is 0 Å². The molecule has 5 nitrogen and oxygen atoms in total. The van der Waals surface area contributed by atoms with Crippen LogP contribution in [0, 0.1) is 53.6 Å². The van der Waals surface area contributed by atoms with Crippen molar-refractivity contribution in [3.63, 3.8) is 0 Å². The molecule has 7 heteroatoms. The topological polar surface area (TPSA) is 110 Å². The zero-order valence-electron chi connectivity index (χ0n) is 3.53. The molecule has 0 radical (unpaired) electrons. The van der Waals surface area contributed by atoms with Crippen molar-refractivity contribution >= 4 is 7.82 Å². The van der Waals surface area contributed by atoms with Crippen molar-refractivity contribution in [3.05, 3.63) is 6.57 Å². The SMILES string of the molecule is O=P([O-])([O-])[O-].[C-]#N.[Ce+4]. The summed E-state index contributed by atoms with van der Waals surface area (Å²) in [6.45, 7) is 4.75. The first-order chi connectivity index (χ1) is 3.00. The van der Waals surface area contributed by atoms with Crippen molar-refractivity contribution in [3.8, 4) is 0 Å². The molecule has 0 saturated heterocycles. The summed E-state index contributed by atoms with van der Waals surface area (Å²) in [5, 5.41) is 6.25. The van der Waals surface area contributed by atoms with Gasteiger partial charge in [-0.15, -0.1) is 0 Å². The number of phosphoric acid groups is 1. The zero-order chi connectivity index (χ0) is 6.50. The average Bonchev–Trinajstić information content (AvgIpc) is 1.36. The summed E-state index contributed by atoms with van der Waals surface area (Å²) in [6, 6.07) is 0. The van der Waals surface area contributed by atoms with Gasteiger partial charge in [0.1, 0.15) is 0 Å². The van der Waals surface area contributed by atoms with Gasteiger partial charge in [-0.3, -0.25) is 0 Å². The summed E-state index contributed by atoms with van der Waals surface area (Å²) in [4.78, 5) is 25.6. The normalized spacial score (nSPS) is 7.62. The molecule has 42 valence electrons. The van der Waals surface area contributed by atoms with Gasteiger partial charge in [0.05, 0.1) is 0 Å². The molecule has 0 aliphatic rings. The molecule has 0 bridgehead atoms. The van der Waals surface area contributed by atoms with Crippen LogP contribution in [0.2, 0.25) is 0 Å². The predicted molar refractivity (Wildman–Crippen MR) is 12.6 cm³/mol. The van der Waals surface area contributed by atoms with E-state index >= 15 is 0 Å². The van der Waals surface area contributed by atoms with Crippen LogP contribution in [0.1, 0.15) is 0 Å². The fourth-order valence-electron chi connectivity index (χ4n) is 0. The molecular formula is CCeNO4P. The van der Waals surface area contributed by atoms with E-state index in [1.165, 1.54) is 0 Å². The second-order valence-electron chi connectivity index (χ2n) is 0.447. The summed E-state index contributed by atoms with van der Waals surface area (Å²) in [5.74, 6) is 0. The zero-order valence-corrected chi connectivity index (χ0v) is 7.56. The van der Waals surface area contributed by atoms with Crippen LogP contribution in [0.15, 0.2) is 0 Å². The van der Waals surface area contributed by atoms with Crippen LogP contribution < -0.4 is 14.7 Å². The van der Waals surface area contributed by atoms with Crippen LogP contribution in [0.3, 0.4) is 0 Å². The third-order valence-electron chi connectivity index (χ3n) is 0. The first-order valence-corrected chi connectivity index (χ1v) is 2.41. The summed E-state index contributed by atoms with van der Waals surface area (Å²) in [6.07, 6.45) is 0. The molecule has 0 saturated carbocycles. The fraction of sp³-hybridized carbons (Fsp3) is 0. The average molecular weight is 261 g/mol. The van der Waals surface area contributed by atoms with Gasteiger partial charge in [-0.25, -0.2) is 0 Å². The Morgan fingerprint density at radius 1 is 1.25 bits per heavy atom. The number of hydrogen-bond donors (Lipinski definition) is 0. The van der Waals surface area contributed by atoms with Gasteiger partial charge in [0, 0.05) is 0 Å². The standard InChI is InChI=1S/CN.Ce.H3O4P/c1-2;;1-5(2,3)4/h;;(H3,1,2,3,4)/q-1;+4;/p-3. The Kier molecular flexibility index (Phi) is 15.9. The van der Waals surface area contributed by atoms with Crippen molar-refractivity contribution in [2.24, 2.45) is 0 Å². The van der Waals surface area contributed by atoms with Crippen molar-refractivity contribution in [1.82, 2.24) is 0 Å². The summed E-state index contributed by atoms with van der Waals surface area (Å²) in [5.41, 5.74) is 0. The molecule has 0 amide bonds. The van der Waals surface area contributed by atoms with Gasteiger partial charge in [-0.1, -0.05) is 0 Å². The molecule has 0 atom stereocenters. The van der Waals surface area contributed by atoms with Gasteiger partial charge in [0.2, 0.25) is 0 Å². The first-order valence-electron chi connectivity index (χ1n) is 0.954. The number of nitrogens with zero attached hydrogens (tertiary/aromatic N) is 1. The van der Waals surface area contributed by atoms with E-state index in [4.69, 9.17) is 31.1 Å². The molecule has 0 aromatic rings. The molecule has 0 unspecified atom stereocenters. The van der Waals surface area contributed by atoms with E-state index in [9.17, 15) is 0 Å². The Bertz CT molecular complexity index is 87.2. The molecule has 0 heterocycles. The Hall–Kier alpha value is 0.977. The summed E-state index contributed by atoms with van der Waals surface area (Å²) in [7, 11) is -5.39. The maximum Gasteiger partial charge on any atom is 4.00 e. The molecule has 0 N–H and O–H groups in total. The van der Waals surface area contributed by atoms with Crippen molar-refractivity contribution in [2.45, 2.75) is 0 Å². The van der Waals surface area contributed by atoms with Crippen molar-refractivity contribution in [2.75, 3.05) is 0 Å². The number of rotatable bonds is 0. The van der Waals surface area contributed by atoms with Gasteiger partial charge in [-0.05, 0) is 0 Å². The molecule has 0 aliphatic heterocycles. The molecule has 0 aromatic heterocycles. The van der Waals surface area contributed by atoms with Crippen LogP contribution >= 0.6 is 7.82 Å². The second kappa shape index (κ2) is 7.98. The smallest absolute Gasteiger partial charge is 0.822 e. The Balaban J connectivity index is -0.0000000750. The Labute approximate surface area is 80.0 Å². The maximum atomic E-state index is 8.55. The van der Waals surface area contributed by atoms with Gasteiger partial charge in [0.15, 0.2) is 0 Å². The van der Waals surface area contributed by atoms with Gasteiger partial charge < -0.3 is 31.1 Å². The minimum Gasteiger partial charge on any atom is -0.822 e. The molecule has 0 aromatic carbocycles. The molecule has 0 fully saturated rings. The molecule has 0 spiro atoms. The quantitative estimate of drug-likeness (QED) is 0.347. The van der Waals surface area contributed by atoms with Gasteiger partial charge >= 0.3 is 41.7 Å². The van der Waals surface area contributed by atoms with Crippen LogP contribution in [-0.2, 0) is 4.57 Å². The van der Waals surface area contributed by atoms with E-state index in [1.54, 1.807) is 0 Å². The van der Waals surface area contributed by atoms with Crippen molar-refractivity contribution in [1.29, 1.82) is 5.26 Å². The largest absolute Gasteiger partial charge is 4.00 e. The monoisotopic (exact) mass is 261 g/mol. The third-order valence-corrected chi connectivity index (χ3v) is 0. The Morgan fingerprint density at radius 3 is 1.25 bits per heavy atom. The van der Waals surface area contributed by atoms with Gasteiger partial charge in [0.25, 0.3) is 0 Å². The number of hydrogen-bond acceptors (Lipinski definition) is 5. The van der Waals surface area contributed by atoms with Gasteiger partial charge in [-0.2, -0.15) is 7.82 Å². The van der Waals surface area contributed by atoms with Crippen LogP contribution in [-0.4, -0.2) is 0 Å². The van der Waals surface area contributed by atoms with E-state index in [2.05, 4.69) is 0 Å². The van der Waals surface area contributed by atoms with E-state index < -0.39 is 7.82 Å². The third kappa shape index (κ3) is 261. The van der Waals surface area contributed by atoms with E-state index in [0.29, 0.717) is 0 Å². The Morgan fingerprint density at radius 2 is 1.25 bits per heavy atom. The van der Waals surface area contributed by atoms with E-state index in [0.717, 1.165) is 0 Å². The molecule has 0 aliphatic carbocycles. The maximum absolute atomic E-state index is 8.55. The minimum atomic E-state index is -5.39. The molecule has 8 heavy (non-hydrogen) atoms. The second-order valence-corrected chi connectivity index (χ2v) is 1.34. The predicted octanol–water partition coefficient (Wildman–Crippen LogP) is -2.73. The van der Waals surface area contributed by atoms with Crippen LogP contribution in [0.25, 0.3) is 0 Å². The first kappa shape index (κ1) is 16.0. The van der Waals surface area contributed by atoms with Crippen LogP contribution in [0.4, 0.5) is 0 Å². The minimum absolute atomic E-state index is 0. The van der Waals surface area contributed by atoms with Crippen molar-refractivity contribution < 1.29 is 61.0 Å². The molecule has 0 rings (SSSR count). The van der Waals surface area contributed by atoms with Crippen LogP contribution in [0.5, 0.6) is 0 Å².